The number of rotatable bonds is 4. The minimum absolute atomic E-state index is 0.00142. The fraction of sp³-hybridized carbons (Fsp3) is 0.375. The molecule has 1 aromatic heterocycles. The molecular weight excluding hydrogens is 268 g/mol. The van der Waals surface area contributed by atoms with Crippen LogP contribution in [0, 0.1) is 4.64 Å². The van der Waals surface area contributed by atoms with Crippen LogP contribution in [0.3, 0.4) is 0 Å². The molecule has 1 fully saturated rings. The van der Waals surface area contributed by atoms with Crippen molar-refractivity contribution in [3.8, 4) is 0 Å². The normalized spacial score (nSPS) is 16.6. The minimum atomic E-state index is -0.00142. The molecule has 4 heteroatoms. The van der Waals surface area contributed by atoms with Crippen molar-refractivity contribution in [3.63, 3.8) is 0 Å². The fourth-order valence-electron chi connectivity index (χ4n) is 2.92. The monoisotopic (exact) mass is 286 g/mol. The highest BCUT2D eigenvalue weighted by Gasteiger charge is 2.42. The zero-order valence-corrected chi connectivity index (χ0v) is 12.4. The summed E-state index contributed by atoms with van der Waals surface area (Å²) in [5, 5.41) is 0. The first kappa shape index (κ1) is 13.5. The molecule has 1 aliphatic carbocycles. The minimum Gasteiger partial charge on any atom is -0.378 e. The average Bonchev–Trinajstić information content (AvgIpc) is 2.38. The van der Waals surface area contributed by atoms with Gasteiger partial charge in [0.15, 0.2) is 0 Å². The van der Waals surface area contributed by atoms with Gasteiger partial charge in [-0.1, -0.05) is 49.0 Å². The summed E-state index contributed by atoms with van der Waals surface area (Å²) in [5.41, 5.74) is 2.31. The summed E-state index contributed by atoms with van der Waals surface area (Å²) in [5.74, 6) is 0.981. The number of hydrogen-bond donors (Lipinski definition) is 1. The predicted octanol–water partition coefficient (Wildman–Crippen LogP) is 3.76. The molecule has 0 radical (unpaired) electrons. The maximum Gasteiger partial charge on any atom is 0.130 e. The molecule has 1 saturated carbocycles. The molecular formula is C16H18N2OS. The second kappa shape index (κ2) is 5.46. The van der Waals surface area contributed by atoms with E-state index in [2.05, 4.69) is 34.2 Å². The van der Waals surface area contributed by atoms with Gasteiger partial charge in [-0.15, -0.1) is 0 Å². The van der Waals surface area contributed by atoms with Crippen molar-refractivity contribution in [1.29, 1.82) is 0 Å². The van der Waals surface area contributed by atoms with E-state index in [1.165, 1.54) is 12.0 Å². The van der Waals surface area contributed by atoms with Gasteiger partial charge in [0.25, 0.3) is 0 Å². The molecule has 0 bridgehead atoms. The Morgan fingerprint density at radius 2 is 2.05 bits per heavy atom. The fourth-order valence-corrected chi connectivity index (χ4v) is 3.15. The highest BCUT2D eigenvalue weighted by molar-refractivity contribution is 7.71. The number of aromatic amines is 1. The van der Waals surface area contributed by atoms with Gasteiger partial charge in [0.2, 0.25) is 0 Å². The Bertz CT molecular complexity index is 647. The number of ether oxygens (including phenoxy) is 1. The molecule has 0 unspecified atom stereocenters. The lowest BCUT2D eigenvalue weighted by Crippen LogP contribution is -2.37. The van der Waals surface area contributed by atoms with Crippen LogP contribution in [-0.4, -0.2) is 17.1 Å². The molecule has 1 heterocycles. The highest BCUT2D eigenvalue weighted by Crippen LogP contribution is 2.47. The van der Waals surface area contributed by atoms with Crippen LogP contribution < -0.4 is 0 Å². The van der Waals surface area contributed by atoms with E-state index in [9.17, 15) is 0 Å². The van der Waals surface area contributed by atoms with E-state index in [4.69, 9.17) is 17.0 Å². The Labute approximate surface area is 124 Å². The van der Waals surface area contributed by atoms with E-state index >= 15 is 0 Å². The molecule has 1 aromatic carbocycles. The van der Waals surface area contributed by atoms with Crippen LogP contribution in [0.5, 0.6) is 0 Å². The first-order valence-electron chi connectivity index (χ1n) is 6.90. The smallest absolute Gasteiger partial charge is 0.130 e. The molecule has 0 amide bonds. The van der Waals surface area contributed by atoms with Gasteiger partial charge < -0.3 is 9.72 Å². The summed E-state index contributed by atoms with van der Waals surface area (Å²) in [4.78, 5) is 8.02. The van der Waals surface area contributed by atoms with Crippen molar-refractivity contribution in [1.82, 2.24) is 9.97 Å². The van der Waals surface area contributed by atoms with Gasteiger partial charge in [-0.05, 0) is 24.5 Å². The summed E-state index contributed by atoms with van der Waals surface area (Å²) in [6.45, 7) is 0.532. The Morgan fingerprint density at radius 1 is 1.30 bits per heavy atom. The van der Waals surface area contributed by atoms with E-state index in [0.717, 1.165) is 24.4 Å². The van der Waals surface area contributed by atoms with E-state index in [-0.39, 0.29) is 5.41 Å². The van der Waals surface area contributed by atoms with Gasteiger partial charge in [-0.25, -0.2) is 4.98 Å². The molecule has 0 spiro atoms. The SMILES string of the molecule is COCc1cc(=S)nc(C2(c3ccccc3)CCC2)[nH]1. The van der Waals surface area contributed by atoms with E-state index in [0.29, 0.717) is 11.2 Å². The molecule has 0 aliphatic heterocycles. The zero-order valence-electron chi connectivity index (χ0n) is 11.6. The zero-order chi connectivity index (χ0) is 14.0. The molecule has 1 aliphatic rings. The van der Waals surface area contributed by atoms with Crippen molar-refractivity contribution < 1.29 is 4.74 Å². The third kappa shape index (κ3) is 2.30. The quantitative estimate of drug-likeness (QED) is 0.870. The summed E-state index contributed by atoms with van der Waals surface area (Å²) >= 11 is 5.31. The third-order valence-corrected chi connectivity index (χ3v) is 4.29. The molecule has 3 rings (SSSR count). The predicted molar refractivity (Wildman–Crippen MR) is 81.2 cm³/mol. The average molecular weight is 286 g/mol. The van der Waals surface area contributed by atoms with Crippen molar-refractivity contribution in [2.24, 2.45) is 0 Å². The standard InChI is InChI=1S/C16H18N2OS/c1-19-11-13-10-14(20)18-15(17-13)16(8-5-9-16)12-6-3-2-4-7-12/h2-4,6-7,10H,5,8-9,11H2,1H3,(H,17,18,20). The first-order valence-corrected chi connectivity index (χ1v) is 7.31. The van der Waals surface area contributed by atoms with Gasteiger partial charge in [0.05, 0.1) is 12.0 Å². The maximum absolute atomic E-state index is 5.31. The van der Waals surface area contributed by atoms with Crippen molar-refractivity contribution >= 4 is 12.2 Å². The Hall–Kier alpha value is -1.52. The topological polar surface area (TPSA) is 37.9 Å². The summed E-state index contributed by atoms with van der Waals surface area (Å²) in [6.07, 6.45) is 3.46. The summed E-state index contributed by atoms with van der Waals surface area (Å²) in [7, 11) is 1.69. The van der Waals surface area contributed by atoms with Crippen LogP contribution >= 0.6 is 12.2 Å². The van der Waals surface area contributed by atoms with Gasteiger partial charge in [0, 0.05) is 12.8 Å². The van der Waals surface area contributed by atoms with E-state index in [1.54, 1.807) is 7.11 Å². The van der Waals surface area contributed by atoms with Crippen LogP contribution in [-0.2, 0) is 16.8 Å². The Morgan fingerprint density at radius 3 is 2.65 bits per heavy atom. The molecule has 20 heavy (non-hydrogen) atoms. The number of hydrogen-bond acceptors (Lipinski definition) is 3. The van der Waals surface area contributed by atoms with Gasteiger partial charge >= 0.3 is 0 Å². The van der Waals surface area contributed by atoms with Gasteiger partial charge in [-0.3, -0.25) is 0 Å². The van der Waals surface area contributed by atoms with Crippen molar-refractivity contribution in [2.75, 3.05) is 7.11 Å². The number of benzene rings is 1. The van der Waals surface area contributed by atoms with Gasteiger partial charge in [-0.2, -0.15) is 0 Å². The Balaban J connectivity index is 2.08. The number of nitrogens with zero attached hydrogens (tertiary/aromatic N) is 1. The summed E-state index contributed by atoms with van der Waals surface area (Å²) in [6, 6.07) is 12.5. The van der Waals surface area contributed by atoms with E-state index in [1.807, 2.05) is 12.1 Å². The second-order valence-corrected chi connectivity index (χ2v) is 5.75. The molecule has 0 saturated heterocycles. The second-order valence-electron chi connectivity index (χ2n) is 5.33. The molecule has 1 N–H and O–H groups in total. The van der Waals surface area contributed by atoms with E-state index < -0.39 is 0 Å². The number of nitrogens with one attached hydrogen (secondary N) is 1. The van der Waals surface area contributed by atoms with Crippen LogP contribution in [0.15, 0.2) is 36.4 Å². The van der Waals surface area contributed by atoms with Gasteiger partial charge in [0.1, 0.15) is 10.5 Å². The van der Waals surface area contributed by atoms with Crippen LogP contribution in [0.4, 0.5) is 0 Å². The number of methoxy groups -OCH3 is 1. The van der Waals surface area contributed by atoms with Crippen molar-refractivity contribution in [3.05, 3.63) is 58.1 Å². The maximum atomic E-state index is 5.31. The largest absolute Gasteiger partial charge is 0.378 e. The van der Waals surface area contributed by atoms with Crippen LogP contribution in [0.25, 0.3) is 0 Å². The number of H-pyrrole nitrogens is 1. The molecule has 104 valence electrons. The van der Waals surface area contributed by atoms with Crippen LogP contribution in [0.1, 0.15) is 36.3 Å². The highest BCUT2D eigenvalue weighted by atomic mass is 32.1. The van der Waals surface area contributed by atoms with Crippen LogP contribution in [0.2, 0.25) is 0 Å². The molecule has 3 nitrogen and oxygen atoms in total. The lowest BCUT2D eigenvalue weighted by Gasteiger charge is -2.41. The van der Waals surface area contributed by atoms with Crippen molar-refractivity contribution in [2.45, 2.75) is 31.3 Å². The lowest BCUT2D eigenvalue weighted by atomic mass is 9.64. The number of aromatic nitrogens is 2. The Kier molecular flexibility index (Phi) is 3.68. The molecule has 0 atom stereocenters. The lowest BCUT2D eigenvalue weighted by molar-refractivity contribution is 0.180. The third-order valence-electron chi connectivity index (χ3n) is 4.09. The summed E-state index contributed by atoms with van der Waals surface area (Å²) < 4.78 is 5.84. The molecule has 2 aromatic rings. The first-order chi connectivity index (χ1) is 9.74.